The number of amides is 4. The first-order valence-corrected chi connectivity index (χ1v) is 18.4. The Morgan fingerprint density at radius 1 is 0.939 bits per heavy atom. The molecule has 4 aliphatic rings. The van der Waals surface area contributed by atoms with Gasteiger partial charge in [-0.05, 0) is 76.8 Å². The molecule has 14 heteroatoms. The van der Waals surface area contributed by atoms with Gasteiger partial charge >= 0.3 is 12.1 Å². The maximum Gasteiger partial charge on any atom is 0.410 e. The zero-order valence-corrected chi connectivity index (χ0v) is 29.9. The molecular formula is C35H48BBrN6O6. The van der Waals surface area contributed by atoms with Crippen LogP contribution >= 0.6 is 15.9 Å². The molecule has 12 nitrogen and oxygen atoms in total. The fourth-order valence-corrected chi connectivity index (χ4v) is 8.37. The van der Waals surface area contributed by atoms with Crippen molar-refractivity contribution in [1.29, 1.82) is 0 Å². The molecule has 2 aromatic carbocycles. The minimum Gasteiger partial charge on any atom is -0.507 e. The lowest BCUT2D eigenvalue weighted by Gasteiger charge is -2.43. The summed E-state index contributed by atoms with van der Waals surface area (Å²) in [5, 5.41) is 22.6. The summed E-state index contributed by atoms with van der Waals surface area (Å²) in [5.74, 6) is -0.0511. The van der Waals surface area contributed by atoms with Gasteiger partial charge in [0.15, 0.2) is 6.10 Å². The number of likely N-dealkylation sites (tertiary alicyclic amines) is 2. The number of para-hydroxylation sites is 1. The molecule has 2 aromatic rings. The number of nitrogens with one attached hydrogen (secondary N) is 1. The lowest BCUT2D eigenvalue weighted by atomic mass is 9.91. The van der Waals surface area contributed by atoms with E-state index in [1.165, 1.54) is 0 Å². The number of aliphatic hydroxyl groups excluding tert-OH is 1. The number of fused-ring (bicyclic) bond motifs is 1. The van der Waals surface area contributed by atoms with E-state index in [9.17, 15) is 24.6 Å². The molecule has 49 heavy (non-hydrogen) atoms. The summed E-state index contributed by atoms with van der Waals surface area (Å²) >= 11 is 3.41. The third-order valence-electron chi connectivity index (χ3n) is 10.7. The first kappa shape index (κ1) is 35.5. The van der Waals surface area contributed by atoms with Gasteiger partial charge in [0.05, 0.1) is 11.1 Å². The second-order valence-electron chi connectivity index (χ2n) is 13.7. The molecule has 3 fully saturated rings. The number of ether oxygens (including phenoxy) is 1. The Morgan fingerprint density at radius 2 is 1.61 bits per heavy atom. The fourth-order valence-electron chi connectivity index (χ4n) is 7.76. The van der Waals surface area contributed by atoms with Crippen molar-refractivity contribution in [1.82, 2.24) is 24.5 Å². The average molecular weight is 740 g/mol. The summed E-state index contributed by atoms with van der Waals surface area (Å²) in [6.45, 7) is 7.36. The van der Waals surface area contributed by atoms with Crippen molar-refractivity contribution < 1.29 is 29.3 Å². The number of carbonyl (C=O) groups excluding carboxylic acids is 3. The van der Waals surface area contributed by atoms with E-state index in [4.69, 9.17) is 4.74 Å². The van der Waals surface area contributed by atoms with E-state index in [1.54, 1.807) is 18.8 Å². The molecule has 1 atom stereocenters. The largest absolute Gasteiger partial charge is 0.507 e. The number of phenolic OH excluding ortho intramolecular Hbond substituents is 1. The van der Waals surface area contributed by atoms with Gasteiger partial charge in [-0.1, -0.05) is 24.3 Å². The normalized spacial score (nSPS) is 20.8. The third kappa shape index (κ3) is 8.53. The van der Waals surface area contributed by atoms with Crippen molar-refractivity contribution in [2.75, 3.05) is 77.4 Å². The number of hydrogen-bond acceptors (Lipinski definition) is 8. The summed E-state index contributed by atoms with van der Waals surface area (Å²) < 4.78 is 6.58. The number of aromatic hydroxyl groups is 1. The number of piperidine rings is 2. The lowest BCUT2D eigenvalue weighted by molar-refractivity contribution is -0.142. The molecule has 0 aliphatic carbocycles. The molecule has 0 bridgehead atoms. The molecule has 4 aliphatic heterocycles. The van der Waals surface area contributed by atoms with Crippen LogP contribution in [0.5, 0.6) is 5.75 Å². The molecule has 0 unspecified atom stereocenters. The number of urea groups is 1. The van der Waals surface area contributed by atoms with Crippen LogP contribution in [0.4, 0.5) is 15.3 Å². The second-order valence-corrected chi connectivity index (χ2v) is 14.6. The topological polar surface area (TPSA) is 129 Å². The van der Waals surface area contributed by atoms with Gasteiger partial charge in [0.1, 0.15) is 13.6 Å². The Morgan fingerprint density at radius 3 is 2.31 bits per heavy atom. The molecule has 0 saturated carbocycles. The zero-order chi connectivity index (χ0) is 34.5. The van der Waals surface area contributed by atoms with Gasteiger partial charge in [-0.3, -0.25) is 14.6 Å². The van der Waals surface area contributed by atoms with Crippen LogP contribution < -0.4 is 10.8 Å². The summed E-state index contributed by atoms with van der Waals surface area (Å²) in [7, 11) is 1.80. The highest BCUT2D eigenvalue weighted by Crippen LogP contribution is 2.27. The number of anilines is 1. The number of phenols is 1. The van der Waals surface area contributed by atoms with E-state index < -0.39 is 12.2 Å². The number of halogens is 1. The Labute approximate surface area is 297 Å². The van der Waals surface area contributed by atoms with Crippen LogP contribution in [-0.4, -0.2) is 151 Å². The van der Waals surface area contributed by atoms with Crippen molar-refractivity contribution in [3.05, 3.63) is 52.0 Å². The van der Waals surface area contributed by atoms with Gasteiger partial charge in [-0.2, -0.15) is 0 Å². The van der Waals surface area contributed by atoms with Crippen LogP contribution in [0, 0.1) is 0 Å². The Kier molecular flexibility index (Phi) is 11.7. The van der Waals surface area contributed by atoms with Gasteiger partial charge in [0.2, 0.25) is 0 Å². The minimum atomic E-state index is -1.01. The molecule has 4 heterocycles. The summed E-state index contributed by atoms with van der Waals surface area (Å²) in [5.41, 5.74) is 3.43. The molecular weight excluding hydrogens is 691 g/mol. The maximum atomic E-state index is 14.1. The van der Waals surface area contributed by atoms with E-state index in [-0.39, 0.29) is 36.8 Å². The molecule has 0 radical (unpaired) electrons. The third-order valence-corrected chi connectivity index (χ3v) is 11.3. The van der Waals surface area contributed by atoms with Gasteiger partial charge in [0, 0.05) is 89.6 Å². The average Bonchev–Trinajstić information content (AvgIpc) is 3.28. The Balaban J connectivity index is 1.07. The fraction of sp³-hybridized carbons (Fsp3) is 0.571. The highest BCUT2D eigenvalue weighted by atomic mass is 79.9. The van der Waals surface area contributed by atoms with Gasteiger partial charge in [-0.15, -0.1) is 0 Å². The number of nitrogens with zero attached hydrogens (tertiary/aromatic N) is 5. The van der Waals surface area contributed by atoms with E-state index in [1.807, 2.05) is 40.1 Å². The molecule has 4 amide bonds. The van der Waals surface area contributed by atoms with Crippen molar-refractivity contribution >= 4 is 53.0 Å². The monoisotopic (exact) mass is 738 g/mol. The number of aliphatic hydroxyl groups is 1. The number of hydrogen-bond donors (Lipinski definition) is 3. The highest BCUT2D eigenvalue weighted by Gasteiger charge is 2.36. The van der Waals surface area contributed by atoms with Crippen molar-refractivity contribution in [2.45, 2.75) is 56.7 Å². The number of rotatable bonds is 8. The number of β-amino-alcohol motifs (C(OH)–C–C–N with tert-alkyl or cyclic N) is 1. The van der Waals surface area contributed by atoms with Crippen LogP contribution in [0.1, 0.15) is 36.8 Å². The zero-order valence-electron chi connectivity index (χ0n) is 28.4. The molecule has 3 N–H and O–H groups in total. The van der Waals surface area contributed by atoms with E-state index in [0.717, 1.165) is 62.3 Å². The smallest absolute Gasteiger partial charge is 0.410 e. The summed E-state index contributed by atoms with van der Waals surface area (Å²) in [4.78, 5) is 50.9. The molecule has 3 saturated heterocycles. The standard InChI is InChI=1S/C35H48BBrN6O6/c36-28-21-24(22-29(37)32(28)45)23-31(33(46)41-10-6-26(7-11-41)40-17-15-39(16-18-40)19-20-44)49-35(48)42-12-8-27(9-13-42)43-14-5-25-3-1-2-4-30(25)38-34(43)47/h1-4,21-22,26-27,31,44-45H,5-20,23,36H2,(H,38,47)/t31-/m1/s1. The lowest BCUT2D eigenvalue weighted by Crippen LogP contribution is -2.55. The molecule has 6 rings (SSSR count). The quantitative estimate of drug-likeness (QED) is 0.349. The second kappa shape index (κ2) is 16.1. The van der Waals surface area contributed by atoms with Crippen LogP contribution in [0.25, 0.3) is 0 Å². The predicted molar refractivity (Wildman–Crippen MR) is 193 cm³/mol. The Hall–Kier alpha value is -3.33. The van der Waals surface area contributed by atoms with E-state index >= 15 is 0 Å². The summed E-state index contributed by atoms with van der Waals surface area (Å²) in [6.07, 6.45) is 2.42. The highest BCUT2D eigenvalue weighted by molar-refractivity contribution is 9.10. The number of carbonyl (C=O) groups is 3. The first-order valence-electron chi connectivity index (χ1n) is 17.6. The first-order chi connectivity index (χ1) is 23.7. The van der Waals surface area contributed by atoms with Crippen LogP contribution in [-0.2, 0) is 22.4 Å². The SMILES string of the molecule is Bc1cc(C[C@@H](OC(=O)N2CCC(N3CCc4ccccc4NC3=O)CC2)C(=O)N2CCC(N3CCN(CCO)CC3)CC2)cc(Br)c1O. The van der Waals surface area contributed by atoms with E-state index in [0.29, 0.717) is 68.1 Å². The number of benzene rings is 2. The summed E-state index contributed by atoms with van der Waals surface area (Å²) in [6, 6.07) is 11.8. The van der Waals surface area contributed by atoms with Crippen LogP contribution in [0.15, 0.2) is 40.9 Å². The maximum absolute atomic E-state index is 14.1. The Bertz CT molecular complexity index is 1470. The van der Waals surface area contributed by atoms with Crippen molar-refractivity contribution in [3.63, 3.8) is 0 Å². The van der Waals surface area contributed by atoms with Crippen molar-refractivity contribution in [3.8, 4) is 5.75 Å². The van der Waals surface area contributed by atoms with Crippen molar-refractivity contribution in [2.24, 2.45) is 0 Å². The van der Waals surface area contributed by atoms with Gasteiger partial charge in [0.25, 0.3) is 5.91 Å². The van der Waals surface area contributed by atoms with Crippen LogP contribution in [0.2, 0.25) is 0 Å². The van der Waals surface area contributed by atoms with Gasteiger partial charge < -0.3 is 35.0 Å². The molecule has 264 valence electrons. The van der Waals surface area contributed by atoms with Crippen LogP contribution in [0.3, 0.4) is 0 Å². The predicted octanol–water partition coefficient (Wildman–Crippen LogP) is 1.62. The van der Waals surface area contributed by atoms with Gasteiger partial charge in [-0.25, -0.2) is 9.59 Å². The number of piperazine rings is 1. The minimum absolute atomic E-state index is 0.00654. The van der Waals surface area contributed by atoms with E-state index in [2.05, 4.69) is 31.0 Å². The molecule has 0 spiro atoms. The molecule has 0 aromatic heterocycles.